The summed E-state index contributed by atoms with van der Waals surface area (Å²) in [7, 11) is 0. The second-order valence-electron chi connectivity index (χ2n) is 5.89. The Bertz CT molecular complexity index is 837. The smallest absolute Gasteiger partial charge is 0.226 e. The lowest BCUT2D eigenvalue weighted by atomic mass is 10.1. The van der Waals surface area contributed by atoms with Crippen LogP contribution in [0, 0.1) is 13.8 Å². The number of hydrogen-bond donors (Lipinski definition) is 1. The summed E-state index contributed by atoms with van der Waals surface area (Å²) in [5.74, 6) is -0.000917. The van der Waals surface area contributed by atoms with Crippen molar-refractivity contribution in [2.24, 2.45) is 0 Å². The van der Waals surface area contributed by atoms with Crippen LogP contribution in [0.2, 0.25) is 0 Å². The molecule has 122 valence electrons. The summed E-state index contributed by atoms with van der Waals surface area (Å²) in [6.07, 6.45) is 0.314. The second kappa shape index (κ2) is 7.41. The molecule has 1 N–H and O–H groups in total. The first kappa shape index (κ1) is 16.4. The average Bonchev–Trinajstić information content (AvgIpc) is 3.03. The summed E-state index contributed by atoms with van der Waals surface area (Å²) >= 11 is 1.58. The molecule has 0 unspecified atom stereocenters. The van der Waals surface area contributed by atoms with Crippen molar-refractivity contribution >= 4 is 17.2 Å². The largest absolute Gasteiger partial charge is 0.352 e. The molecule has 0 spiro atoms. The molecular weight excluding hydrogens is 316 g/mol. The van der Waals surface area contributed by atoms with E-state index in [0.717, 1.165) is 21.8 Å². The van der Waals surface area contributed by atoms with Gasteiger partial charge in [0.15, 0.2) is 0 Å². The van der Waals surface area contributed by atoms with Gasteiger partial charge < -0.3 is 5.32 Å². The Morgan fingerprint density at radius 3 is 2.58 bits per heavy atom. The summed E-state index contributed by atoms with van der Waals surface area (Å²) in [5, 5.41) is 5.89. The van der Waals surface area contributed by atoms with Crippen molar-refractivity contribution in [2.75, 3.05) is 0 Å². The van der Waals surface area contributed by atoms with E-state index in [1.807, 2.05) is 23.6 Å². The highest BCUT2D eigenvalue weighted by Gasteiger charge is 2.09. The molecule has 3 nitrogen and oxygen atoms in total. The van der Waals surface area contributed by atoms with Crippen molar-refractivity contribution in [1.82, 2.24) is 10.3 Å². The number of aryl methyl sites for hydroxylation is 2. The summed E-state index contributed by atoms with van der Waals surface area (Å²) in [6.45, 7) is 4.67. The summed E-state index contributed by atoms with van der Waals surface area (Å²) < 4.78 is 0. The van der Waals surface area contributed by atoms with Crippen LogP contribution in [0.4, 0.5) is 0 Å². The Morgan fingerprint density at radius 2 is 1.83 bits per heavy atom. The molecule has 3 rings (SSSR count). The molecule has 2 aromatic carbocycles. The predicted molar refractivity (Wildman–Crippen MR) is 99.0 cm³/mol. The van der Waals surface area contributed by atoms with Crippen molar-refractivity contribution in [1.29, 1.82) is 0 Å². The van der Waals surface area contributed by atoms with E-state index in [2.05, 4.69) is 54.5 Å². The Balaban J connectivity index is 1.59. The van der Waals surface area contributed by atoms with Crippen LogP contribution < -0.4 is 5.32 Å². The Morgan fingerprint density at radius 1 is 1.08 bits per heavy atom. The van der Waals surface area contributed by atoms with Gasteiger partial charge in [0.05, 0.1) is 12.1 Å². The van der Waals surface area contributed by atoms with Gasteiger partial charge in [-0.05, 0) is 25.0 Å². The molecule has 0 atom stereocenters. The van der Waals surface area contributed by atoms with Gasteiger partial charge in [-0.1, -0.05) is 54.1 Å². The van der Waals surface area contributed by atoms with E-state index in [1.165, 1.54) is 11.1 Å². The fourth-order valence-electron chi connectivity index (χ4n) is 2.45. The van der Waals surface area contributed by atoms with E-state index < -0.39 is 0 Å². The van der Waals surface area contributed by atoms with Crippen molar-refractivity contribution in [2.45, 2.75) is 26.8 Å². The lowest BCUT2D eigenvalue weighted by Gasteiger charge is -2.07. The van der Waals surface area contributed by atoms with Gasteiger partial charge >= 0.3 is 0 Å². The predicted octanol–water partition coefficient (Wildman–Crippen LogP) is 4.29. The standard InChI is InChI=1S/C20H20N2OS/c1-14-7-9-16(10-8-14)20-22-18(13-24-20)11-19(23)21-12-17-6-4-3-5-15(17)2/h3-10,13H,11-12H2,1-2H3,(H,21,23). The number of benzene rings is 2. The quantitative estimate of drug-likeness (QED) is 0.755. The van der Waals surface area contributed by atoms with Gasteiger partial charge in [-0.3, -0.25) is 4.79 Å². The van der Waals surface area contributed by atoms with Crippen LogP contribution in [0.5, 0.6) is 0 Å². The fourth-order valence-corrected chi connectivity index (χ4v) is 3.27. The van der Waals surface area contributed by atoms with E-state index in [0.29, 0.717) is 13.0 Å². The highest BCUT2D eigenvalue weighted by Crippen LogP contribution is 2.24. The zero-order chi connectivity index (χ0) is 16.9. The Hall–Kier alpha value is -2.46. The van der Waals surface area contributed by atoms with Crippen LogP contribution in [0.15, 0.2) is 53.9 Å². The SMILES string of the molecule is Cc1ccc(-c2nc(CC(=O)NCc3ccccc3C)cs2)cc1. The maximum atomic E-state index is 12.1. The minimum absolute atomic E-state index is 0.000917. The molecule has 0 radical (unpaired) electrons. The molecule has 0 bridgehead atoms. The molecular formula is C20H20N2OS. The van der Waals surface area contributed by atoms with Crippen LogP contribution in [-0.2, 0) is 17.8 Å². The highest BCUT2D eigenvalue weighted by atomic mass is 32.1. The lowest BCUT2D eigenvalue weighted by Crippen LogP contribution is -2.25. The van der Waals surface area contributed by atoms with Crippen LogP contribution in [0.1, 0.15) is 22.4 Å². The van der Waals surface area contributed by atoms with E-state index in [-0.39, 0.29) is 5.91 Å². The molecule has 3 aromatic rings. The van der Waals surface area contributed by atoms with Crippen molar-refractivity contribution in [3.05, 3.63) is 76.3 Å². The van der Waals surface area contributed by atoms with Gasteiger partial charge in [-0.15, -0.1) is 11.3 Å². The molecule has 0 aliphatic rings. The second-order valence-corrected chi connectivity index (χ2v) is 6.75. The molecule has 0 saturated carbocycles. The van der Waals surface area contributed by atoms with Gasteiger partial charge in [0.1, 0.15) is 5.01 Å². The van der Waals surface area contributed by atoms with Crippen LogP contribution >= 0.6 is 11.3 Å². The van der Waals surface area contributed by atoms with Crippen molar-refractivity contribution in [3.8, 4) is 10.6 Å². The van der Waals surface area contributed by atoms with Crippen LogP contribution in [0.3, 0.4) is 0 Å². The fraction of sp³-hybridized carbons (Fsp3) is 0.200. The van der Waals surface area contributed by atoms with Gasteiger partial charge in [-0.25, -0.2) is 4.98 Å². The van der Waals surface area contributed by atoms with Gasteiger partial charge in [0.25, 0.3) is 0 Å². The van der Waals surface area contributed by atoms with Crippen LogP contribution in [-0.4, -0.2) is 10.9 Å². The first-order valence-electron chi connectivity index (χ1n) is 7.94. The minimum atomic E-state index is -0.000917. The first-order valence-corrected chi connectivity index (χ1v) is 8.82. The number of carbonyl (C=O) groups excluding carboxylic acids is 1. The number of carbonyl (C=O) groups is 1. The number of rotatable bonds is 5. The third-order valence-electron chi connectivity index (χ3n) is 3.93. The third-order valence-corrected chi connectivity index (χ3v) is 4.87. The van der Waals surface area contributed by atoms with Crippen molar-refractivity contribution in [3.63, 3.8) is 0 Å². The number of nitrogens with zero attached hydrogens (tertiary/aromatic N) is 1. The molecule has 24 heavy (non-hydrogen) atoms. The van der Waals surface area contributed by atoms with E-state index >= 15 is 0 Å². The van der Waals surface area contributed by atoms with E-state index in [9.17, 15) is 4.79 Å². The monoisotopic (exact) mass is 336 g/mol. The summed E-state index contributed by atoms with van der Waals surface area (Å²) in [4.78, 5) is 16.7. The molecule has 0 saturated heterocycles. The molecule has 1 heterocycles. The summed E-state index contributed by atoms with van der Waals surface area (Å²) in [5.41, 5.74) is 5.47. The molecule has 0 aliphatic carbocycles. The lowest BCUT2D eigenvalue weighted by molar-refractivity contribution is -0.120. The Labute approximate surface area is 146 Å². The number of nitrogens with one attached hydrogen (secondary N) is 1. The molecule has 1 aromatic heterocycles. The van der Waals surface area contributed by atoms with E-state index in [4.69, 9.17) is 0 Å². The normalized spacial score (nSPS) is 10.6. The topological polar surface area (TPSA) is 42.0 Å². The molecule has 0 fully saturated rings. The van der Waals surface area contributed by atoms with Gasteiger partial charge in [0, 0.05) is 17.5 Å². The third kappa shape index (κ3) is 4.09. The van der Waals surface area contributed by atoms with E-state index in [1.54, 1.807) is 11.3 Å². The summed E-state index contributed by atoms with van der Waals surface area (Å²) in [6, 6.07) is 16.4. The van der Waals surface area contributed by atoms with Gasteiger partial charge in [-0.2, -0.15) is 0 Å². The Kier molecular flexibility index (Phi) is 5.06. The maximum Gasteiger partial charge on any atom is 0.226 e. The number of amides is 1. The minimum Gasteiger partial charge on any atom is -0.352 e. The zero-order valence-corrected chi connectivity index (χ0v) is 14.7. The highest BCUT2D eigenvalue weighted by molar-refractivity contribution is 7.13. The van der Waals surface area contributed by atoms with Gasteiger partial charge in [0.2, 0.25) is 5.91 Å². The maximum absolute atomic E-state index is 12.1. The first-order chi connectivity index (χ1) is 11.6. The number of aromatic nitrogens is 1. The number of thiazole rings is 1. The molecule has 1 amide bonds. The average molecular weight is 336 g/mol. The zero-order valence-electron chi connectivity index (χ0n) is 13.9. The number of hydrogen-bond acceptors (Lipinski definition) is 3. The molecule has 0 aliphatic heterocycles. The molecule has 4 heteroatoms. The van der Waals surface area contributed by atoms with Crippen LogP contribution in [0.25, 0.3) is 10.6 Å². The van der Waals surface area contributed by atoms with Crippen molar-refractivity contribution < 1.29 is 4.79 Å².